The van der Waals surface area contributed by atoms with Crippen LogP contribution in [-0.4, -0.2) is 34.4 Å². The standard InChI is InChI=1S/C18H21FN4O3/c1-25-18-8-6-17(11-18,7-9-18)22-15(24)21-16-20-14(23-26-16)10-12-2-4-13(19)5-3-12/h2-5H,6-11H2,1H3,(H2,20,21,22,23,24). The first-order chi connectivity index (χ1) is 12.5. The summed E-state index contributed by atoms with van der Waals surface area (Å²) in [5.41, 5.74) is 0.562. The maximum atomic E-state index is 12.9. The molecule has 2 bridgehead atoms. The molecule has 2 saturated carbocycles. The Bertz CT molecular complexity index is 797. The van der Waals surface area contributed by atoms with Crippen LogP contribution in [0.4, 0.5) is 15.2 Å². The second-order valence-corrected chi connectivity index (χ2v) is 7.24. The van der Waals surface area contributed by atoms with Crippen LogP contribution < -0.4 is 10.6 Å². The zero-order chi connectivity index (χ0) is 18.2. The predicted octanol–water partition coefficient (Wildman–Crippen LogP) is 3.02. The Hall–Kier alpha value is -2.48. The topological polar surface area (TPSA) is 89.3 Å². The van der Waals surface area contributed by atoms with Gasteiger partial charge in [-0.05, 0) is 49.8 Å². The number of methoxy groups -OCH3 is 1. The van der Waals surface area contributed by atoms with Crippen molar-refractivity contribution in [3.63, 3.8) is 0 Å². The van der Waals surface area contributed by atoms with Gasteiger partial charge in [0.1, 0.15) is 5.82 Å². The molecule has 2 N–H and O–H groups in total. The summed E-state index contributed by atoms with van der Waals surface area (Å²) in [7, 11) is 1.74. The van der Waals surface area contributed by atoms with E-state index in [4.69, 9.17) is 9.26 Å². The van der Waals surface area contributed by atoms with Gasteiger partial charge in [-0.25, -0.2) is 9.18 Å². The molecule has 0 saturated heterocycles. The maximum Gasteiger partial charge on any atom is 0.329 e. The van der Waals surface area contributed by atoms with Crippen molar-refractivity contribution in [2.75, 3.05) is 12.4 Å². The van der Waals surface area contributed by atoms with Crippen molar-refractivity contribution in [1.29, 1.82) is 0 Å². The molecule has 0 unspecified atom stereocenters. The van der Waals surface area contributed by atoms with Crippen LogP contribution in [0.5, 0.6) is 0 Å². The quantitative estimate of drug-likeness (QED) is 0.855. The number of hydrogen-bond acceptors (Lipinski definition) is 5. The van der Waals surface area contributed by atoms with Crippen LogP contribution in [0.25, 0.3) is 0 Å². The third-order valence-electron chi connectivity index (χ3n) is 5.55. The molecule has 2 fully saturated rings. The fraction of sp³-hybridized carbons (Fsp3) is 0.500. The van der Waals surface area contributed by atoms with Gasteiger partial charge in [0.15, 0.2) is 5.82 Å². The van der Waals surface area contributed by atoms with E-state index in [9.17, 15) is 9.18 Å². The lowest BCUT2D eigenvalue weighted by Crippen LogP contribution is -2.47. The van der Waals surface area contributed by atoms with E-state index < -0.39 is 0 Å². The van der Waals surface area contributed by atoms with Crippen molar-refractivity contribution in [1.82, 2.24) is 15.5 Å². The number of benzene rings is 1. The van der Waals surface area contributed by atoms with Crippen LogP contribution in [-0.2, 0) is 11.2 Å². The lowest BCUT2D eigenvalue weighted by atomic mass is 9.93. The molecule has 138 valence electrons. The summed E-state index contributed by atoms with van der Waals surface area (Å²) in [5, 5.41) is 9.50. The van der Waals surface area contributed by atoms with E-state index in [0.717, 1.165) is 37.7 Å². The number of carbonyl (C=O) groups is 1. The smallest absolute Gasteiger partial charge is 0.329 e. The van der Waals surface area contributed by atoms with Crippen molar-refractivity contribution < 1.29 is 18.4 Å². The second-order valence-electron chi connectivity index (χ2n) is 7.24. The highest BCUT2D eigenvalue weighted by molar-refractivity contribution is 5.87. The summed E-state index contributed by atoms with van der Waals surface area (Å²) in [4.78, 5) is 16.5. The molecule has 26 heavy (non-hydrogen) atoms. The highest BCUT2D eigenvalue weighted by Crippen LogP contribution is 2.52. The minimum absolute atomic E-state index is 0.0463. The summed E-state index contributed by atoms with van der Waals surface area (Å²) in [6.45, 7) is 0. The number of halogens is 1. The molecule has 2 aliphatic rings. The number of carbonyl (C=O) groups excluding carboxylic acids is 1. The van der Waals surface area contributed by atoms with Gasteiger partial charge in [-0.3, -0.25) is 5.32 Å². The van der Waals surface area contributed by atoms with Crippen molar-refractivity contribution in [2.24, 2.45) is 0 Å². The zero-order valence-corrected chi connectivity index (χ0v) is 14.5. The number of nitrogens with one attached hydrogen (secondary N) is 2. The Labute approximate surface area is 150 Å². The minimum atomic E-state index is -0.351. The van der Waals surface area contributed by atoms with Gasteiger partial charge in [0, 0.05) is 19.1 Å². The average molecular weight is 360 g/mol. The van der Waals surface area contributed by atoms with E-state index >= 15 is 0 Å². The number of fused-ring (bicyclic) bond motifs is 2. The molecule has 8 heteroatoms. The molecule has 0 atom stereocenters. The maximum absolute atomic E-state index is 12.9. The zero-order valence-electron chi connectivity index (χ0n) is 14.5. The fourth-order valence-electron chi connectivity index (χ4n) is 4.13. The van der Waals surface area contributed by atoms with Gasteiger partial charge < -0.3 is 14.6 Å². The number of amides is 2. The molecule has 2 amide bonds. The molecule has 7 nitrogen and oxygen atoms in total. The van der Waals surface area contributed by atoms with Crippen LogP contribution >= 0.6 is 0 Å². The van der Waals surface area contributed by atoms with Crippen LogP contribution in [0, 0.1) is 5.82 Å². The number of urea groups is 1. The molecule has 2 aromatic rings. The van der Waals surface area contributed by atoms with Crippen LogP contribution in [0.1, 0.15) is 43.5 Å². The third-order valence-corrected chi connectivity index (χ3v) is 5.55. The Morgan fingerprint density at radius 1 is 1.27 bits per heavy atom. The number of aromatic nitrogens is 2. The van der Waals surface area contributed by atoms with E-state index in [1.165, 1.54) is 12.1 Å². The first kappa shape index (κ1) is 17.0. The Balaban J connectivity index is 1.34. The van der Waals surface area contributed by atoms with E-state index in [2.05, 4.69) is 20.8 Å². The monoisotopic (exact) mass is 360 g/mol. The molecule has 1 aromatic carbocycles. The first-order valence-electron chi connectivity index (χ1n) is 8.71. The van der Waals surface area contributed by atoms with Crippen LogP contribution in [0.2, 0.25) is 0 Å². The average Bonchev–Trinajstić information content (AvgIpc) is 3.31. The molecule has 0 aliphatic heterocycles. The summed E-state index contributed by atoms with van der Waals surface area (Å²) in [6.07, 6.45) is 4.98. The molecule has 1 heterocycles. The number of rotatable bonds is 5. The number of hydrogen-bond donors (Lipinski definition) is 2. The van der Waals surface area contributed by atoms with Crippen LogP contribution in [0.3, 0.4) is 0 Å². The summed E-state index contributed by atoms with van der Waals surface area (Å²) in [5.74, 6) is 0.127. The fourth-order valence-corrected chi connectivity index (χ4v) is 4.13. The van der Waals surface area contributed by atoms with Crippen molar-refractivity contribution in [2.45, 2.75) is 49.7 Å². The van der Waals surface area contributed by atoms with Gasteiger partial charge >= 0.3 is 12.0 Å². The van der Waals surface area contributed by atoms with E-state index in [-0.39, 0.29) is 29.0 Å². The number of ether oxygens (including phenoxy) is 1. The third kappa shape index (κ3) is 3.29. The Morgan fingerprint density at radius 3 is 2.65 bits per heavy atom. The highest BCUT2D eigenvalue weighted by Gasteiger charge is 2.55. The molecule has 0 spiro atoms. The lowest BCUT2D eigenvalue weighted by Gasteiger charge is -2.27. The van der Waals surface area contributed by atoms with Gasteiger partial charge in [0.2, 0.25) is 0 Å². The number of anilines is 1. The second kappa shape index (κ2) is 6.35. The Morgan fingerprint density at radius 2 is 2.00 bits per heavy atom. The predicted molar refractivity (Wildman–Crippen MR) is 91.2 cm³/mol. The van der Waals surface area contributed by atoms with Gasteiger partial charge in [0.05, 0.1) is 5.60 Å². The Kier molecular flexibility index (Phi) is 4.14. The van der Waals surface area contributed by atoms with Gasteiger partial charge in [-0.2, -0.15) is 4.98 Å². The van der Waals surface area contributed by atoms with Crippen molar-refractivity contribution in [3.05, 3.63) is 41.5 Å². The summed E-state index contributed by atoms with van der Waals surface area (Å²) >= 11 is 0. The lowest BCUT2D eigenvalue weighted by molar-refractivity contribution is -0.000308. The van der Waals surface area contributed by atoms with Gasteiger partial charge in [0.25, 0.3) is 0 Å². The van der Waals surface area contributed by atoms with Crippen molar-refractivity contribution >= 4 is 12.0 Å². The summed E-state index contributed by atoms with van der Waals surface area (Å²) in [6, 6.07) is 5.77. The first-order valence-corrected chi connectivity index (χ1v) is 8.71. The van der Waals surface area contributed by atoms with E-state index in [1.54, 1.807) is 19.2 Å². The van der Waals surface area contributed by atoms with Gasteiger partial charge in [-0.1, -0.05) is 17.3 Å². The molecule has 4 rings (SSSR count). The largest absolute Gasteiger partial charge is 0.378 e. The minimum Gasteiger partial charge on any atom is -0.378 e. The summed E-state index contributed by atoms with van der Waals surface area (Å²) < 4.78 is 23.7. The molecular formula is C18H21FN4O3. The normalized spacial score (nSPS) is 26.8. The number of nitrogens with zero attached hydrogens (tertiary/aromatic N) is 2. The van der Waals surface area contributed by atoms with Crippen molar-refractivity contribution in [3.8, 4) is 0 Å². The van der Waals surface area contributed by atoms with Crippen LogP contribution in [0.15, 0.2) is 28.8 Å². The van der Waals surface area contributed by atoms with E-state index in [0.29, 0.717) is 12.2 Å². The molecular weight excluding hydrogens is 339 g/mol. The molecule has 1 aromatic heterocycles. The SMILES string of the molecule is COC12CCC(NC(=O)Nc3nc(Cc4ccc(F)cc4)no3)(CC1)C2. The van der Waals surface area contributed by atoms with E-state index in [1.807, 2.05) is 0 Å². The molecule has 0 radical (unpaired) electrons. The highest BCUT2D eigenvalue weighted by atomic mass is 19.1. The molecule has 2 aliphatic carbocycles. The van der Waals surface area contributed by atoms with Gasteiger partial charge in [-0.15, -0.1) is 0 Å².